The Balaban J connectivity index is 2.62. The zero-order valence-electron chi connectivity index (χ0n) is 10.1. The summed E-state index contributed by atoms with van der Waals surface area (Å²) in [5.74, 6) is -19.0. The molecule has 0 amide bonds. The van der Waals surface area contributed by atoms with E-state index in [0.717, 1.165) is 0 Å². The lowest BCUT2D eigenvalue weighted by molar-refractivity contribution is -0.239. The van der Waals surface area contributed by atoms with Crippen LogP contribution in [0.5, 0.6) is 0 Å². The van der Waals surface area contributed by atoms with Crippen molar-refractivity contribution in [3.63, 3.8) is 0 Å². The van der Waals surface area contributed by atoms with Gasteiger partial charge in [-0.25, -0.2) is 0 Å². The van der Waals surface area contributed by atoms with Crippen LogP contribution in [-0.4, -0.2) is 62.5 Å². The maximum atomic E-state index is 12.9. The molecule has 0 aromatic carbocycles. The molecule has 21 heavy (non-hydrogen) atoms. The Hall–Kier alpha value is -0.655. The first kappa shape index (κ1) is 18.4. The van der Waals surface area contributed by atoms with Crippen molar-refractivity contribution in [2.24, 2.45) is 0 Å². The Morgan fingerprint density at radius 3 is 1.76 bits per heavy atom. The number of rotatable bonds is 5. The molecule has 1 fully saturated rings. The predicted octanol–water partition coefficient (Wildman–Crippen LogP) is 1.57. The van der Waals surface area contributed by atoms with Crippen LogP contribution in [0.2, 0.25) is 0 Å². The van der Waals surface area contributed by atoms with Crippen LogP contribution >= 0.6 is 0 Å². The van der Waals surface area contributed by atoms with Gasteiger partial charge in [-0.3, -0.25) is 0 Å². The second-order valence-electron chi connectivity index (χ2n) is 4.20. The van der Waals surface area contributed by atoms with Gasteiger partial charge in [0.2, 0.25) is 0 Å². The van der Waals surface area contributed by atoms with Gasteiger partial charge in [-0.05, 0) is 0 Å². The highest BCUT2D eigenvalue weighted by molar-refractivity contribution is 6.36. The van der Waals surface area contributed by atoms with Gasteiger partial charge in [0.05, 0.1) is 0 Å². The van der Waals surface area contributed by atoms with Crippen molar-refractivity contribution in [1.29, 1.82) is 0 Å². The topological polar surface area (TPSA) is 47.9 Å². The smallest absolute Gasteiger partial charge is 0.390 e. The van der Waals surface area contributed by atoms with E-state index in [1.165, 1.54) is 0 Å². The summed E-state index contributed by atoms with van der Waals surface area (Å²) in [4.78, 5) is 0. The normalized spacial score (nSPS) is 23.0. The van der Waals surface area contributed by atoms with Gasteiger partial charge in [0.15, 0.2) is 0 Å². The average Bonchev–Trinajstić information content (AvgIpc) is 2.46. The summed E-state index contributed by atoms with van der Waals surface area (Å²) in [6.45, 7) is -8.12. The van der Waals surface area contributed by atoms with E-state index >= 15 is 0 Å². The van der Waals surface area contributed by atoms with Gasteiger partial charge in [0.1, 0.15) is 26.4 Å². The van der Waals surface area contributed by atoms with Crippen molar-refractivity contribution in [3.8, 4) is 0 Å². The van der Waals surface area contributed by atoms with Crippen molar-refractivity contribution in [3.05, 3.63) is 0 Å². The molecule has 1 saturated heterocycles. The fraction of sp³-hybridized carbons (Fsp3) is 1.00. The van der Waals surface area contributed by atoms with Crippen LogP contribution in [0.3, 0.4) is 0 Å². The summed E-state index contributed by atoms with van der Waals surface area (Å²) in [6.07, 6.45) is 0. The zero-order valence-corrected chi connectivity index (χ0v) is 10.1. The van der Waals surface area contributed by atoms with Crippen molar-refractivity contribution in [1.82, 2.24) is 0 Å². The lowest BCUT2D eigenvalue weighted by Gasteiger charge is -2.25. The Kier molecular flexibility index (Phi) is 5.13. The van der Waals surface area contributed by atoms with Crippen molar-refractivity contribution in [2.45, 2.75) is 23.7 Å². The maximum absolute atomic E-state index is 12.9. The summed E-state index contributed by atoms with van der Waals surface area (Å²) in [5.41, 5.74) is 0. The van der Waals surface area contributed by atoms with Crippen LogP contribution in [0.25, 0.3) is 0 Å². The van der Waals surface area contributed by atoms with Gasteiger partial charge in [0, 0.05) is 0 Å². The number of hydrogen-bond donors (Lipinski definition) is 1. The molecule has 1 aliphatic rings. The molecule has 0 aromatic heterocycles. The Bertz CT molecular complexity index is 348. The second-order valence-corrected chi connectivity index (χ2v) is 4.20. The summed E-state index contributed by atoms with van der Waals surface area (Å²) in [7, 11) is -2.40. The molecule has 0 aliphatic carbocycles. The molecule has 0 radical (unpaired) electrons. The molecular weight excluding hydrogens is 323 g/mol. The van der Waals surface area contributed by atoms with Crippen LogP contribution in [0, 0.1) is 0 Å². The highest BCUT2D eigenvalue weighted by Gasteiger charge is 2.61. The molecule has 0 aromatic rings. The van der Waals surface area contributed by atoms with Crippen LogP contribution < -0.4 is 0 Å². The molecule has 0 unspecified atom stereocenters. The van der Waals surface area contributed by atoms with E-state index in [2.05, 4.69) is 14.0 Å². The summed E-state index contributed by atoms with van der Waals surface area (Å²) < 4.78 is 114. The van der Waals surface area contributed by atoms with Gasteiger partial charge in [-0.2, -0.15) is 35.1 Å². The first-order chi connectivity index (χ1) is 9.35. The first-order valence-electron chi connectivity index (χ1n) is 5.32. The van der Waals surface area contributed by atoms with Gasteiger partial charge < -0.3 is 19.1 Å². The van der Waals surface area contributed by atoms with Crippen molar-refractivity contribution in [2.75, 3.05) is 26.4 Å². The number of aliphatic hydroxyl groups excluding tert-OH is 1. The average molecular weight is 332 g/mol. The van der Waals surface area contributed by atoms with Gasteiger partial charge in [-0.1, -0.05) is 0 Å². The third-order valence-corrected chi connectivity index (χ3v) is 2.47. The van der Waals surface area contributed by atoms with Crippen molar-refractivity contribution >= 4 is 7.32 Å². The fourth-order valence-electron chi connectivity index (χ4n) is 1.09. The first-order valence-corrected chi connectivity index (χ1v) is 5.32. The molecule has 0 bridgehead atoms. The number of hydrogen-bond acceptors (Lipinski definition) is 4. The van der Waals surface area contributed by atoms with E-state index in [4.69, 9.17) is 5.11 Å². The van der Waals surface area contributed by atoms with E-state index < -0.39 is 57.4 Å². The minimum Gasteiger partial charge on any atom is -0.390 e. The SMILES string of the molecule is OCC(F)(F)C(F)(F)COB1OCC(F)(F)C(F)(F)CO1. The molecule has 0 saturated carbocycles. The van der Waals surface area contributed by atoms with Gasteiger partial charge in [-0.15, -0.1) is 0 Å². The molecule has 0 atom stereocenters. The van der Waals surface area contributed by atoms with Crippen LogP contribution in [0.4, 0.5) is 35.1 Å². The Morgan fingerprint density at radius 2 is 1.38 bits per heavy atom. The number of halogens is 8. The predicted molar refractivity (Wildman–Crippen MR) is 50.5 cm³/mol. The Labute approximate surface area is 113 Å². The molecule has 124 valence electrons. The highest BCUT2D eigenvalue weighted by Crippen LogP contribution is 2.37. The third-order valence-electron chi connectivity index (χ3n) is 2.47. The zero-order chi connectivity index (χ0) is 16.5. The van der Waals surface area contributed by atoms with Crippen LogP contribution in [-0.2, 0) is 14.0 Å². The molecule has 13 heteroatoms. The van der Waals surface area contributed by atoms with Crippen LogP contribution in [0.15, 0.2) is 0 Å². The minimum absolute atomic E-state index is 1.91. The summed E-state index contributed by atoms with van der Waals surface area (Å²) >= 11 is 0. The summed E-state index contributed by atoms with van der Waals surface area (Å²) in [6, 6.07) is 0. The van der Waals surface area contributed by atoms with E-state index in [0.29, 0.717) is 0 Å². The molecule has 4 nitrogen and oxygen atoms in total. The number of alkyl halides is 8. The van der Waals surface area contributed by atoms with Gasteiger partial charge in [0.25, 0.3) is 0 Å². The molecular formula is C8H9BF8O4. The van der Waals surface area contributed by atoms with E-state index in [9.17, 15) is 35.1 Å². The Morgan fingerprint density at radius 1 is 0.952 bits per heavy atom. The third kappa shape index (κ3) is 3.96. The number of aliphatic hydroxyl groups is 1. The standard InChI is InChI=1S/C8H9BF8O4/c10-5(11,1-18)6(12,13)2-19-9-20-3-7(14,15)8(16,17)4-21-9/h18H,1-4H2. The van der Waals surface area contributed by atoms with E-state index in [1.54, 1.807) is 0 Å². The lowest BCUT2D eigenvalue weighted by Crippen LogP contribution is -2.48. The maximum Gasteiger partial charge on any atom is 0.640 e. The monoisotopic (exact) mass is 332 g/mol. The van der Waals surface area contributed by atoms with E-state index in [1.807, 2.05) is 0 Å². The van der Waals surface area contributed by atoms with Crippen molar-refractivity contribution < 1.29 is 54.2 Å². The molecule has 1 N–H and O–H groups in total. The highest BCUT2D eigenvalue weighted by atomic mass is 19.3. The summed E-state index contributed by atoms with van der Waals surface area (Å²) in [5, 5.41) is 8.10. The molecule has 1 rings (SSSR count). The molecule has 0 spiro atoms. The van der Waals surface area contributed by atoms with Gasteiger partial charge >= 0.3 is 31.0 Å². The fourth-order valence-corrected chi connectivity index (χ4v) is 1.09. The van der Waals surface area contributed by atoms with Crippen LogP contribution in [0.1, 0.15) is 0 Å². The molecule has 1 aliphatic heterocycles. The minimum atomic E-state index is -4.88. The second kappa shape index (κ2) is 5.86. The quantitative estimate of drug-likeness (QED) is 0.613. The largest absolute Gasteiger partial charge is 0.640 e. The molecule has 1 heterocycles. The van der Waals surface area contributed by atoms with E-state index in [-0.39, 0.29) is 0 Å². The lowest BCUT2D eigenvalue weighted by atomic mass is 10.1.